The number of nitrogens with zero attached hydrogens (tertiary/aromatic N) is 1. The number of carbonyl (C=O) groups excluding carboxylic acids is 1. The van der Waals surface area contributed by atoms with E-state index in [1.165, 1.54) is 0 Å². The fourth-order valence-corrected chi connectivity index (χ4v) is 1.16. The van der Waals surface area contributed by atoms with Gasteiger partial charge in [-0.15, -0.1) is 5.10 Å². The van der Waals surface area contributed by atoms with E-state index >= 15 is 0 Å². The molecule has 0 radical (unpaired) electrons. The van der Waals surface area contributed by atoms with Gasteiger partial charge in [0.2, 0.25) is 11.7 Å². The van der Waals surface area contributed by atoms with Crippen LogP contribution < -0.4 is 22.3 Å². The maximum absolute atomic E-state index is 11.3. The van der Waals surface area contributed by atoms with Crippen LogP contribution in [0.4, 0.5) is 5.82 Å². The minimum atomic E-state index is -0.723. The molecule has 8 heteroatoms. The Morgan fingerprint density at radius 1 is 1.44 bits per heavy atom. The highest BCUT2D eigenvalue weighted by atomic mass is 16.2. The minimum Gasteiger partial charge on any atom is -0.368 e. The Bertz CT molecular complexity index is 489. The highest BCUT2D eigenvalue weighted by Crippen LogP contribution is 2.05. The highest BCUT2D eigenvalue weighted by Gasteiger charge is 2.20. The summed E-state index contributed by atoms with van der Waals surface area (Å²) in [4.78, 5) is 35.0. The van der Waals surface area contributed by atoms with Crippen molar-refractivity contribution in [3.8, 4) is 0 Å². The highest BCUT2D eigenvalue weighted by molar-refractivity contribution is 5.82. The molecular formula is C8H13N5O3. The van der Waals surface area contributed by atoms with Crippen LogP contribution in [0.25, 0.3) is 0 Å². The number of rotatable bonds is 4. The van der Waals surface area contributed by atoms with Gasteiger partial charge in [-0.25, -0.2) is 9.89 Å². The number of amides is 1. The standard InChI is InChI=1S/C8H13N5O3/c1-3(2)4(5(9)14)10-6-7(15)11-8(16)13-12-6/h3-4H,1-2H3,(H2,9,14)(H,10,12)(H2,11,13,15,16). The Morgan fingerprint density at radius 3 is 2.50 bits per heavy atom. The number of hydrogen-bond acceptors (Lipinski definition) is 5. The first-order valence-corrected chi connectivity index (χ1v) is 4.66. The van der Waals surface area contributed by atoms with E-state index in [0.29, 0.717) is 0 Å². The second kappa shape index (κ2) is 4.60. The third-order valence-corrected chi connectivity index (χ3v) is 1.98. The van der Waals surface area contributed by atoms with Crippen molar-refractivity contribution in [1.29, 1.82) is 0 Å². The van der Waals surface area contributed by atoms with E-state index in [9.17, 15) is 14.4 Å². The maximum atomic E-state index is 11.3. The summed E-state index contributed by atoms with van der Waals surface area (Å²) < 4.78 is 0. The number of carbonyl (C=O) groups is 1. The molecule has 1 amide bonds. The van der Waals surface area contributed by atoms with Gasteiger partial charge in [-0.05, 0) is 5.92 Å². The van der Waals surface area contributed by atoms with Crippen LogP contribution in [0.1, 0.15) is 13.8 Å². The van der Waals surface area contributed by atoms with Crippen molar-refractivity contribution >= 4 is 11.7 Å². The summed E-state index contributed by atoms with van der Waals surface area (Å²) in [7, 11) is 0. The van der Waals surface area contributed by atoms with Crippen molar-refractivity contribution in [2.75, 3.05) is 5.32 Å². The van der Waals surface area contributed by atoms with Crippen LogP contribution in [0.5, 0.6) is 0 Å². The van der Waals surface area contributed by atoms with E-state index in [1.54, 1.807) is 13.8 Å². The third kappa shape index (κ3) is 2.69. The molecule has 0 aromatic carbocycles. The number of nitrogens with one attached hydrogen (secondary N) is 3. The summed E-state index contributed by atoms with van der Waals surface area (Å²) in [5.74, 6) is -0.842. The normalized spacial score (nSPS) is 12.4. The quantitative estimate of drug-likeness (QED) is 0.490. The molecule has 0 bridgehead atoms. The predicted molar refractivity (Wildman–Crippen MR) is 56.9 cm³/mol. The van der Waals surface area contributed by atoms with E-state index in [1.807, 2.05) is 10.1 Å². The van der Waals surface area contributed by atoms with Gasteiger partial charge in [0.1, 0.15) is 6.04 Å². The van der Waals surface area contributed by atoms with Gasteiger partial charge < -0.3 is 11.1 Å². The molecule has 0 saturated carbocycles. The van der Waals surface area contributed by atoms with Crippen molar-refractivity contribution in [3.63, 3.8) is 0 Å². The van der Waals surface area contributed by atoms with Gasteiger partial charge in [0.15, 0.2) is 0 Å². The lowest BCUT2D eigenvalue weighted by Gasteiger charge is -2.18. The third-order valence-electron chi connectivity index (χ3n) is 1.98. The van der Waals surface area contributed by atoms with Gasteiger partial charge >= 0.3 is 5.69 Å². The summed E-state index contributed by atoms with van der Waals surface area (Å²) in [5, 5.41) is 8.10. The Labute approximate surface area is 90.3 Å². The van der Waals surface area contributed by atoms with Crippen molar-refractivity contribution in [2.45, 2.75) is 19.9 Å². The summed E-state index contributed by atoms with van der Waals surface area (Å²) in [6, 6.07) is -0.723. The molecule has 0 saturated heterocycles. The van der Waals surface area contributed by atoms with Crippen LogP contribution in [0.2, 0.25) is 0 Å². The van der Waals surface area contributed by atoms with Gasteiger partial charge in [0, 0.05) is 0 Å². The van der Waals surface area contributed by atoms with Crippen molar-refractivity contribution in [2.24, 2.45) is 11.7 Å². The molecule has 88 valence electrons. The van der Waals surface area contributed by atoms with Crippen LogP contribution in [0.15, 0.2) is 9.59 Å². The molecule has 0 aliphatic heterocycles. The minimum absolute atomic E-state index is 0.106. The molecule has 1 heterocycles. The van der Waals surface area contributed by atoms with Crippen LogP contribution in [0, 0.1) is 5.92 Å². The Morgan fingerprint density at radius 2 is 2.06 bits per heavy atom. The summed E-state index contributed by atoms with van der Waals surface area (Å²) >= 11 is 0. The second-order valence-electron chi connectivity index (χ2n) is 3.62. The number of aromatic nitrogens is 3. The lowest BCUT2D eigenvalue weighted by Crippen LogP contribution is -2.42. The molecule has 16 heavy (non-hydrogen) atoms. The lowest BCUT2D eigenvalue weighted by molar-refractivity contribution is -0.119. The molecular weight excluding hydrogens is 214 g/mol. The maximum Gasteiger partial charge on any atom is 0.342 e. The number of H-pyrrole nitrogens is 2. The van der Waals surface area contributed by atoms with Crippen molar-refractivity contribution in [3.05, 3.63) is 20.8 Å². The first-order valence-electron chi connectivity index (χ1n) is 4.66. The lowest BCUT2D eigenvalue weighted by atomic mass is 10.0. The Balaban J connectivity index is 2.99. The van der Waals surface area contributed by atoms with Crippen molar-refractivity contribution < 1.29 is 4.79 Å². The molecule has 0 aliphatic rings. The first-order chi connectivity index (χ1) is 7.41. The van der Waals surface area contributed by atoms with E-state index in [0.717, 1.165) is 0 Å². The summed E-state index contributed by atoms with van der Waals surface area (Å²) in [6.45, 7) is 3.53. The Hall–Kier alpha value is -2.12. The molecule has 0 spiro atoms. The smallest absolute Gasteiger partial charge is 0.342 e. The average molecular weight is 227 g/mol. The number of hydrogen-bond donors (Lipinski definition) is 4. The van der Waals surface area contributed by atoms with Crippen molar-refractivity contribution in [1.82, 2.24) is 15.2 Å². The zero-order chi connectivity index (χ0) is 12.3. The Kier molecular flexibility index (Phi) is 3.44. The van der Waals surface area contributed by atoms with E-state index < -0.39 is 23.2 Å². The molecule has 1 unspecified atom stereocenters. The molecule has 1 rings (SSSR count). The molecule has 1 aromatic rings. The number of primary amides is 1. The average Bonchev–Trinajstić information content (AvgIpc) is 2.15. The van der Waals surface area contributed by atoms with Crippen LogP contribution in [-0.4, -0.2) is 27.1 Å². The summed E-state index contributed by atoms with van der Waals surface area (Å²) in [6.07, 6.45) is 0. The van der Waals surface area contributed by atoms with E-state index in [-0.39, 0.29) is 11.7 Å². The molecule has 5 N–H and O–H groups in total. The monoisotopic (exact) mass is 227 g/mol. The van der Waals surface area contributed by atoms with Crippen LogP contribution >= 0.6 is 0 Å². The molecule has 1 atom stereocenters. The molecule has 0 aliphatic carbocycles. The molecule has 8 nitrogen and oxygen atoms in total. The number of anilines is 1. The topological polar surface area (TPSA) is 134 Å². The molecule has 0 fully saturated rings. The van der Waals surface area contributed by atoms with E-state index in [2.05, 4.69) is 10.4 Å². The predicted octanol–water partition coefficient (Wildman–Crippen LogP) is -1.62. The zero-order valence-electron chi connectivity index (χ0n) is 8.90. The molecule has 1 aromatic heterocycles. The fourth-order valence-electron chi connectivity index (χ4n) is 1.16. The van der Waals surface area contributed by atoms with Crippen LogP contribution in [-0.2, 0) is 4.79 Å². The SMILES string of the molecule is CC(C)C(Nc1n[nH]c(=O)[nH]c1=O)C(N)=O. The van der Waals surface area contributed by atoms with Gasteiger partial charge in [-0.3, -0.25) is 14.6 Å². The second-order valence-corrected chi connectivity index (χ2v) is 3.62. The van der Waals surface area contributed by atoms with E-state index in [4.69, 9.17) is 5.73 Å². The number of nitrogens with two attached hydrogens (primary N) is 1. The van der Waals surface area contributed by atoms with Gasteiger partial charge in [-0.2, -0.15) is 0 Å². The largest absolute Gasteiger partial charge is 0.368 e. The number of aromatic amines is 2. The van der Waals surface area contributed by atoms with Gasteiger partial charge in [-0.1, -0.05) is 13.8 Å². The summed E-state index contributed by atoms with van der Waals surface area (Å²) in [5.41, 5.74) is 3.74. The zero-order valence-corrected chi connectivity index (χ0v) is 8.90. The van der Waals surface area contributed by atoms with Crippen LogP contribution in [0.3, 0.4) is 0 Å². The van der Waals surface area contributed by atoms with Gasteiger partial charge in [0.25, 0.3) is 5.56 Å². The van der Waals surface area contributed by atoms with Gasteiger partial charge in [0.05, 0.1) is 0 Å². The fraction of sp³-hybridized carbons (Fsp3) is 0.500. The first kappa shape index (κ1) is 12.0.